The first-order valence-electron chi connectivity index (χ1n) is 11.3. The quantitative estimate of drug-likeness (QED) is 0.552. The number of nitrogens with one attached hydrogen (secondary N) is 1. The molecule has 3 aromatic rings. The Balaban J connectivity index is 1.54. The Morgan fingerprint density at radius 2 is 1.89 bits per heavy atom. The second kappa shape index (κ2) is 8.83. The molecule has 10 heteroatoms. The largest absolute Gasteiger partial charge is 0.493 e. The summed E-state index contributed by atoms with van der Waals surface area (Å²) in [4.78, 5) is 15.2. The topological polar surface area (TPSA) is 68.6 Å². The number of rotatable bonds is 4. The van der Waals surface area contributed by atoms with E-state index in [1.807, 2.05) is 24.3 Å². The zero-order valence-corrected chi connectivity index (χ0v) is 19.3. The molecule has 184 valence electrons. The van der Waals surface area contributed by atoms with Gasteiger partial charge in [0.15, 0.2) is 17.5 Å². The molecule has 2 atom stereocenters. The van der Waals surface area contributed by atoms with Crippen molar-refractivity contribution in [3.05, 3.63) is 65.4 Å². The van der Waals surface area contributed by atoms with Crippen LogP contribution in [0.5, 0.6) is 11.5 Å². The second-order valence-electron chi connectivity index (χ2n) is 8.64. The van der Waals surface area contributed by atoms with Crippen LogP contribution >= 0.6 is 0 Å². The molecule has 0 aliphatic carbocycles. The van der Waals surface area contributed by atoms with Gasteiger partial charge < -0.3 is 19.7 Å². The molecule has 35 heavy (non-hydrogen) atoms. The van der Waals surface area contributed by atoms with Crippen LogP contribution in [0.4, 0.5) is 24.7 Å². The fourth-order valence-corrected chi connectivity index (χ4v) is 4.90. The zero-order valence-electron chi connectivity index (χ0n) is 19.3. The van der Waals surface area contributed by atoms with E-state index in [2.05, 4.69) is 10.4 Å². The van der Waals surface area contributed by atoms with Crippen LogP contribution in [0.3, 0.4) is 0 Å². The van der Waals surface area contributed by atoms with E-state index in [0.29, 0.717) is 23.6 Å². The molecule has 2 aliphatic rings. The highest BCUT2D eigenvalue weighted by Gasteiger charge is 2.47. The summed E-state index contributed by atoms with van der Waals surface area (Å²) in [5.41, 5.74) is 2.52. The minimum atomic E-state index is -4.55. The number of amides is 1. The molecule has 0 saturated carbocycles. The van der Waals surface area contributed by atoms with E-state index in [1.54, 1.807) is 23.1 Å². The van der Waals surface area contributed by atoms with Gasteiger partial charge in [-0.2, -0.15) is 18.3 Å². The van der Waals surface area contributed by atoms with Crippen LogP contribution < -0.4 is 19.7 Å². The molecule has 0 spiro atoms. The van der Waals surface area contributed by atoms with Crippen molar-refractivity contribution in [1.29, 1.82) is 0 Å². The summed E-state index contributed by atoms with van der Waals surface area (Å²) in [5.74, 6) is 0.575. The van der Waals surface area contributed by atoms with E-state index in [4.69, 9.17) is 9.47 Å². The molecule has 1 amide bonds. The second-order valence-corrected chi connectivity index (χ2v) is 8.64. The predicted octanol–water partition coefficient (Wildman–Crippen LogP) is 5.15. The molecule has 0 unspecified atom stereocenters. The molecule has 5 rings (SSSR count). The van der Waals surface area contributed by atoms with Crippen LogP contribution in [-0.2, 0) is 6.42 Å². The van der Waals surface area contributed by atoms with Gasteiger partial charge >= 0.3 is 6.18 Å². The lowest BCUT2D eigenvalue weighted by Gasteiger charge is -2.35. The SMILES string of the molecule is COc1ccc([C@H]2C[C@H](C(F)(F)F)n3ncc(C(=O)N4CCCc5ccccc54)c3N2)cc1OC. The van der Waals surface area contributed by atoms with Gasteiger partial charge in [-0.05, 0) is 42.2 Å². The standard InChI is InChI=1S/C25H25F3N4O3/c1-34-20-10-9-16(12-21(20)35-2)18-13-22(25(26,27)28)32-23(30-18)17(14-29-32)24(33)31-11-5-7-15-6-3-4-8-19(15)31/h3-4,6,8-10,12,14,18,22,30H,5,7,11,13H2,1-2H3/t18-,22-/m1/s1. The number of hydrogen-bond donors (Lipinski definition) is 1. The Hall–Kier alpha value is -3.69. The third-order valence-corrected chi connectivity index (χ3v) is 6.63. The molecule has 2 aliphatic heterocycles. The number of alkyl halides is 3. The van der Waals surface area contributed by atoms with Gasteiger partial charge in [0.1, 0.15) is 11.4 Å². The third kappa shape index (κ3) is 4.06. The van der Waals surface area contributed by atoms with Gasteiger partial charge in [-0.25, -0.2) is 4.68 Å². The summed E-state index contributed by atoms with van der Waals surface area (Å²) in [6.07, 6.45) is -1.97. The maximum atomic E-state index is 14.1. The Labute approximate surface area is 200 Å². The number of benzene rings is 2. The number of aryl methyl sites for hydroxylation is 1. The van der Waals surface area contributed by atoms with Gasteiger partial charge in [-0.3, -0.25) is 4.79 Å². The summed E-state index contributed by atoms with van der Waals surface area (Å²) in [6, 6.07) is 9.99. The number of aromatic nitrogens is 2. The number of halogens is 3. The smallest absolute Gasteiger partial charge is 0.410 e. The van der Waals surface area contributed by atoms with Gasteiger partial charge in [0, 0.05) is 18.7 Å². The number of methoxy groups -OCH3 is 2. The van der Waals surface area contributed by atoms with Crippen molar-refractivity contribution in [2.75, 3.05) is 31.0 Å². The molecule has 1 aromatic heterocycles. The average molecular weight is 486 g/mol. The molecule has 0 bridgehead atoms. The van der Waals surface area contributed by atoms with Gasteiger partial charge in [-0.1, -0.05) is 24.3 Å². The fourth-order valence-electron chi connectivity index (χ4n) is 4.90. The number of ether oxygens (including phenoxy) is 2. The lowest BCUT2D eigenvalue weighted by atomic mass is 9.96. The summed E-state index contributed by atoms with van der Waals surface area (Å²) in [6.45, 7) is 0.488. The number of carbonyl (C=O) groups excluding carboxylic acids is 1. The van der Waals surface area contributed by atoms with E-state index in [-0.39, 0.29) is 23.7 Å². The van der Waals surface area contributed by atoms with Crippen molar-refractivity contribution < 1.29 is 27.4 Å². The van der Waals surface area contributed by atoms with Gasteiger partial charge in [0.2, 0.25) is 0 Å². The highest BCUT2D eigenvalue weighted by atomic mass is 19.4. The Kier molecular flexibility index (Phi) is 5.82. The van der Waals surface area contributed by atoms with Crippen LogP contribution in [0.1, 0.15) is 46.4 Å². The number of anilines is 2. The highest BCUT2D eigenvalue weighted by molar-refractivity contribution is 6.09. The van der Waals surface area contributed by atoms with Gasteiger partial charge in [0.05, 0.1) is 26.5 Å². The van der Waals surface area contributed by atoms with E-state index in [1.165, 1.54) is 20.4 Å². The minimum absolute atomic E-state index is 0.0615. The maximum absolute atomic E-state index is 14.1. The molecule has 3 heterocycles. The first-order valence-corrected chi connectivity index (χ1v) is 11.3. The third-order valence-electron chi connectivity index (χ3n) is 6.63. The van der Waals surface area contributed by atoms with Crippen molar-refractivity contribution >= 4 is 17.4 Å². The predicted molar refractivity (Wildman–Crippen MR) is 124 cm³/mol. The van der Waals surface area contributed by atoms with E-state index in [0.717, 1.165) is 28.8 Å². The maximum Gasteiger partial charge on any atom is 0.410 e. The van der Waals surface area contributed by atoms with Crippen LogP contribution in [0.2, 0.25) is 0 Å². The number of hydrogen-bond acceptors (Lipinski definition) is 5. The van der Waals surface area contributed by atoms with Crippen molar-refractivity contribution in [2.24, 2.45) is 0 Å². The van der Waals surface area contributed by atoms with E-state index in [9.17, 15) is 18.0 Å². The molecule has 1 N–H and O–H groups in total. The van der Waals surface area contributed by atoms with Gasteiger partial charge in [0.25, 0.3) is 5.91 Å². The zero-order chi connectivity index (χ0) is 24.7. The van der Waals surface area contributed by atoms with Crippen LogP contribution in [-0.4, -0.2) is 42.6 Å². The van der Waals surface area contributed by atoms with Crippen LogP contribution in [0.15, 0.2) is 48.7 Å². The van der Waals surface area contributed by atoms with Crippen molar-refractivity contribution in [3.63, 3.8) is 0 Å². The lowest BCUT2D eigenvalue weighted by molar-refractivity contribution is -0.173. The first-order chi connectivity index (χ1) is 16.8. The molecule has 7 nitrogen and oxygen atoms in total. The Morgan fingerprint density at radius 3 is 2.63 bits per heavy atom. The number of fused-ring (bicyclic) bond motifs is 2. The van der Waals surface area contributed by atoms with Crippen molar-refractivity contribution in [3.8, 4) is 11.5 Å². The molecular formula is C25H25F3N4O3. The summed E-state index contributed by atoms with van der Waals surface area (Å²) in [7, 11) is 2.96. The molecule has 2 aromatic carbocycles. The summed E-state index contributed by atoms with van der Waals surface area (Å²) in [5, 5.41) is 7.16. The molecule has 0 radical (unpaired) electrons. The number of nitrogens with zero attached hydrogens (tertiary/aromatic N) is 3. The first kappa shape index (κ1) is 23.1. The van der Waals surface area contributed by atoms with E-state index >= 15 is 0 Å². The molecule has 0 saturated heterocycles. The molecular weight excluding hydrogens is 461 g/mol. The van der Waals surface area contributed by atoms with Crippen molar-refractivity contribution in [2.45, 2.75) is 37.5 Å². The highest BCUT2D eigenvalue weighted by Crippen LogP contribution is 2.45. The number of para-hydroxylation sites is 1. The fraction of sp³-hybridized carbons (Fsp3) is 0.360. The average Bonchev–Trinajstić information content (AvgIpc) is 3.30. The van der Waals surface area contributed by atoms with Crippen LogP contribution in [0, 0.1) is 0 Å². The summed E-state index contributed by atoms with van der Waals surface area (Å²) < 4.78 is 53.8. The monoisotopic (exact) mass is 486 g/mol. The normalized spacial score (nSPS) is 19.4. The Morgan fingerprint density at radius 1 is 1.11 bits per heavy atom. The Bertz CT molecular complexity index is 1260. The lowest BCUT2D eigenvalue weighted by Crippen LogP contribution is -2.38. The summed E-state index contributed by atoms with van der Waals surface area (Å²) >= 11 is 0. The van der Waals surface area contributed by atoms with E-state index < -0.39 is 18.3 Å². The van der Waals surface area contributed by atoms with Gasteiger partial charge in [-0.15, -0.1) is 0 Å². The van der Waals surface area contributed by atoms with Crippen LogP contribution in [0.25, 0.3) is 0 Å². The van der Waals surface area contributed by atoms with Crippen molar-refractivity contribution in [1.82, 2.24) is 9.78 Å². The minimum Gasteiger partial charge on any atom is -0.493 e. The molecule has 0 fully saturated rings. The number of carbonyl (C=O) groups is 1.